The van der Waals surface area contributed by atoms with E-state index in [1.807, 2.05) is 19.1 Å². The molecule has 4 aromatic rings. The fourth-order valence-electron chi connectivity index (χ4n) is 3.66. The number of carbonyl (C=O) groups excluding carboxylic acids is 1. The van der Waals surface area contributed by atoms with E-state index in [4.69, 9.17) is 11.6 Å². The molecule has 0 radical (unpaired) electrons. The Morgan fingerprint density at radius 2 is 1.82 bits per heavy atom. The minimum atomic E-state index is -3.05. The Balaban J connectivity index is 1.56. The van der Waals surface area contributed by atoms with E-state index in [1.54, 1.807) is 22.9 Å². The number of hydrogen-bond donors (Lipinski definition) is 1. The predicted molar refractivity (Wildman–Crippen MR) is 118 cm³/mol. The molecule has 0 aliphatic carbocycles. The van der Waals surface area contributed by atoms with Crippen molar-refractivity contribution in [2.75, 3.05) is 5.32 Å². The summed E-state index contributed by atoms with van der Waals surface area (Å²) in [5.41, 5.74) is 0.252. The third kappa shape index (κ3) is 4.89. The second kappa shape index (κ2) is 9.41. The van der Waals surface area contributed by atoms with Crippen molar-refractivity contribution in [3.05, 3.63) is 69.6 Å². The summed E-state index contributed by atoms with van der Waals surface area (Å²) in [6.07, 6.45) is -6.05. The first-order chi connectivity index (χ1) is 16.1. The molecule has 7 nitrogen and oxygen atoms in total. The Morgan fingerprint density at radius 1 is 1.06 bits per heavy atom. The van der Waals surface area contributed by atoms with Gasteiger partial charge in [0.25, 0.3) is 12.9 Å². The van der Waals surface area contributed by atoms with Crippen LogP contribution in [0.3, 0.4) is 0 Å². The van der Waals surface area contributed by atoms with Gasteiger partial charge in [-0.1, -0.05) is 23.7 Å². The highest BCUT2D eigenvalue weighted by atomic mass is 35.5. The van der Waals surface area contributed by atoms with Crippen LogP contribution in [0.2, 0.25) is 5.02 Å². The molecule has 0 unspecified atom stereocenters. The van der Waals surface area contributed by atoms with Crippen LogP contribution >= 0.6 is 11.6 Å². The molecule has 1 aromatic carbocycles. The smallest absolute Gasteiger partial charge is 0.280 e. The number of carbonyl (C=O) groups is 1. The molecule has 0 aliphatic rings. The molecule has 0 saturated heterocycles. The highest BCUT2D eigenvalue weighted by Gasteiger charge is 2.24. The molecule has 34 heavy (non-hydrogen) atoms. The summed E-state index contributed by atoms with van der Waals surface area (Å²) in [5, 5.41) is 11.6. The number of nitrogens with zero attached hydrogens (tertiary/aromatic N) is 5. The van der Waals surface area contributed by atoms with Crippen molar-refractivity contribution in [1.82, 2.24) is 24.5 Å². The van der Waals surface area contributed by atoms with Crippen LogP contribution in [0.4, 0.5) is 23.4 Å². The first kappa shape index (κ1) is 23.7. The SMILES string of the molecule is Cc1nn(CC(=O)Nc2cc(C)n(Cc3cccc(Cl)c3)n2)c2nc(C(F)F)cc(C(F)F)c12. The molecule has 0 spiro atoms. The lowest BCUT2D eigenvalue weighted by Crippen LogP contribution is -2.20. The van der Waals surface area contributed by atoms with Gasteiger partial charge in [0.15, 0.2) is 11.5 Å². The van der Waals surface area contributed by atoms with E-state index in [1.165, 1.54) is 6.92 Å². The maximum absolute atomic E-state index is 13.5. The van der Waals surface area contributed by atoms with Gasteiger partial charge < -0.3 is 5.32 Å². The maximum Gasteiger partial charge on any atom is 0.280 e. The number of anilines is 1. The summed E-state index contributed by atoms with van der Waals surface area (Å²) in [7, 11) is 0. The van der Waals surface area contributed by atoms with Crippen LogP contribution < -0.4 is 5.32 Å². The Hall–Kier alpha value is -3.47. The molecule has 0 aliphatic heterocycles. The lowest BCUT2D eigenvalue weighted by atomic mass is 10.1. The molecule has 3 heterocycles. The first-order valence-corrected chi connectivity index (χ1v) is 10.5. The summed E-state index contributed by atoms with van der Waals surface area (Å²) in [5.74, 6) is -0.299. The lowest BCUT2D eigenvalue weighted by molar-refractivity contribution is -0.116. The minimum absolute atomic E-state index is 0.0474. The van der Waals surface area contributed by atoms with Crippen LogP contribution in [0.1, 0.15) is 41.1 Å². The lowest BCUT2D eigenvalue weighted by Gasteiger charge is -2.08. The number of alkyl halides is 4. The van der Waals surface area contributed by atoms with Crippen molar-refractivity contribution in [3.8, 4) is 0 Å². The van der Waals surface area contributed by atoms with E-state index in [-0.39, 0.29) is 22.5 Å². The highest BCUT2D eigenvalue weighted by Crippen LogP contribution is 2.32. The quantitative estimate of drug-likeness (QED) is 0.346. The fourth-order valence-corrected chi connectivity index (χ4v) is 3.87. The highest BCUT2D eigenvalue weighted by molar-refractivity contribution is 6.30. The Morgan fingerprint density at radius 3 is 2.50 bits per heavy atom. The van der Waals surface area contributed by atoms with Crippen molar-refractivity contribution < 1.29 is 22.4 Å². The average Bonchev–Trinajstić information content (AvgIpc) is 3.25. The van der Waals surface area contributed by atoms with Crippen molar-refractivity contribution >= 4 is 34.4 Å². The van der Waals surface area contributed by atoms with Crippen LogP contribution in [0.5, 0.6) is 0 Å². The fraction of sp³-hybridized carbons (Fsp3) is 0.273. The molecule has 0 saturated carbocycles. The van der Waals surface area contributed by atoms with Gasteiger partial charge in [-0.3, -0.25) is 9.48 Å². The van der Waals surface area contributed by atoms with Crippen molar-refractivity contribution in [3.63, 3.8) is 0 Å². The zero-order valence-electron chi connectivity index (χ0n) is 18.1. The Kier molecular flexibility index (Phi) is 6.56. The van der Waals surface area contributed by atoms with Gasteiger partial charge in [-0.25, -0.2) is 27.2 Å². The van der Waals surface area contributed by atoms with Crippen LogP contribution in [0, 0.1) is 13.8 Å². The zero-order valence-corrected chi connectivity index (χ0v) is 18.8. The summed E-state index contributed by atoms with van der Waals surface area (Å²) >= 11 is 6.02. The summed E-state index contributed by atoms with van der Waals surface area (Å²) in [6.45, 7) is 3.28. The van der Waals surface area contributed by atoms with Crippen molar-refractivity contribution in [2.24, 2.45) is 0 Å². The molecule has 12 heteroatoms. The standard InChI is InChI=1S/C22H19ClF4N6O/c1-11-6-17(31-32(11)9-13-4-3-5-14(23)7-13)29-18(34)10-33-22-19(12(2)30-33)15(20(24)25)8-16(28-22)21(26)27/h3-8,20-21H,9-10H2,1-2H3,(H,29,31,34). The number of aryl methyl sites for hydroxylation is 2. The topological polar surface area (TPSA) is 77.6 Å². The van der Waals surface area contributed by atoms with E-state index < -0.39 is 36.6 Å². The van der Waals surface area contributed by atoms with Gasteiger partial charge in [0.2, 0.25) is 5.91 Å². The third-order valence-electron chi connectivity index (χ3n) is 5.15. The molecule has 0 fully saturated rings. The van der Waals surface area contributed by atoms with Crippen molar-refractivity contribution in [1.29, 1.82) is 0 Å². The molecule has 0 atom stereocenters. The number of fused-ring (bicyclic) bond motifs is 1. The van der Waals surface area contributed by atoms with E-state index in [2.05, 4.69) is 20.5 Å². The summed E-state index contributed by atoms with van der Waals surface area (Å²) in [4.78, 5) is 16.4. The van der Waals surface area contributed by atoms with E-state index in [0.29, 0.717) is 17.6 Å². The van der Waals surface area contributed by atoms with Gasteiger partial charge in [-0.2, -0.15) is 10.2 Å². The van der Waals surface area contributed by atoms with Gasteiger partial charge in [0.05, 0.1) is 17.6 Å². The number of halogens is 5. The summed E-state index contributed by atoms with van der Waals surface area (Å²) in [6, 6.07) is 9.62. The van der Waals surface area contributed by atoms with Crippen LogP contribution in [0.15, 0.2) is 36.4 Å². The second-order valence-electron chi connectivity index (χ2n) is 7.69. The Bertz CT molecular complexity index is 1370. The number of aromatic nitrogens is 5. The molecular weight excluding hydrogens is 476 g/mol. The maximum atomic E-state index is 13.5. The van der Waals surface area contributed by atoms with Gasteiger partial charge in [0, 0.05) is 22.3 Å². The van der Waals surface area contributed by atoms with Crippen LogP contribution in [-0.4, -0.2) is 30.5 Å². The van der Waals surface area contributed by atoms with Crippen LogP contribution in [0.25, 0.3) is 11.0 Å². The minimum Gasteiger partial charge on any atom is -0.308 e. The number of amides is 1. The predicted octanol–water partition coefficient (Wildman–Crippen LogP) is 5.46. The zero-order chi connectivity index (χ0) is 24.6. The summed E-state index contributed by atoms with van der Waals surface area (Å²) < 4.78 is 56.1. The first-order valence-electron chi connectivity index (χ1n) is 10.2. The van der Waals surface area contributed by atoms with Gasteiger partial charge in [-0.05, 0) is 37.6 Å². The molecule has 1 amide bonds. The Labute approximate surface area is 196 Å². The van der Waals surface area contributed by atoms with Gasteiger partial charge >= 0.3 is 0 Å². The number of hydrogen-bond acceptors (Lipinski definition) is 4. The van der Waals surface area contributed by atoms with E-state index >= 15 is 0 Å². The number of pyridine rings is 1. The number of rotatable bonds is 7. The molecular formula is C22H19ClF4N6O. The van der Waals surface area contributed by atoms with Crippen molar-refractivity contribution in [2.45, 2.75) is 39.8 Å². The van der Waals surface area contributed by atoms with Crippen LogP contribution in [-0.2, 0) is 17.9 Å². The van der Waals surface area contributed by atoms with E-state index in [0.717, 1.165) is 15.9 Å². The normalized spacial score (nSPS) is 11.7. The van der Waals surface area contributed by atoms with Gasteiger partial charge in [-0.15, -0.1) is 0 Å². The average molecular weight is 495 g/mol. The van der Waals surface area contributed by atoms with Gasteiger partial charge in [0.1, 0.15) is 12.2 Å². The third-order valence-corrected chi connectivity index (χ3v) is 5.38. The van der Waals surface area contributed by atoms with E-state index in [9.17, 15) is 22.4 Å². The molecule has 4 rings (SSSR count). The monoisotopic (exact) mass is 494 g/mol. The molecule has 178 valence electrons. The molecule has 1 N–H and O–H groups in total. The molecule has 0 bridgehead atoms. The molecule has 3 aromatic heterocycles. The second-order valence-corrected chi connectivity index (χ2v) is 8.12. The number of benzene rings is 1. The largest absolute Gasteiger partial charge is 0.308 e. The number of nitrogens with one attached hydrogen (secondary N) is 1.